The molecular formula is C9H16O. The summed E-state index contributed by atoms with van der Waals surface area (Å²) in [4.78, 5) is 0. The monoisotopic (exact) mass is 140 g/mol. The second kappa shape index (κ2) is 2.39. The molecule has 0 bridgehead atoms. The van der Waals surface area contributed by atoms with Gasteiger partial charge in [0.1, 0.15) is 0 Å². The van der Waals surface area contributed by atoms with E-state index in [1.165, 1.54) is 6.42 Å². The first-order valence-electron chi connectivity index (χ1n) is 3.85. The highest BCUT2D eigenvalue weighted by Gasteiger charge is 2.45. The molecule has 0 aromatic rings. The van der Waals surface area contributed by atoms with E-state index in [0.29, 0.717) is 18.4 Å². The van der Waals surface area contributed by atoms with Crippen molar-refractivity contribution in [3.63, 3.8) is 0 Å². The Hall–Kier alpha value is -0.300. The summed E-state index contributed by atoms with van der Waals surface area (Å²) < 4.78 is 0. The molecule has 0 amide bonds. The van der Waals surface area contributed by atoms with E-state index in [0.717, 1.165) is 0 Å². The highest BCUT2D eigenvalue weighted by molar-refractivity contribution is 5.03. The van der Waals surface area contributed by atoms with Crippen LogP contribution >= 0.6 is 0 Å². The van der Waals surface area contributed by atoms with Crippen LogP contribution in [0.15, 0.2) is 12.7 Å². The number of hydrogen-bond donors (Lipinski definition) is 1. The molecule has 0 aromatic carbocycles. The normalized spacial score (nSPS) is 31.9. The van der Waals surface area contributed by atoms with E-state index in [2.05, 4.69) is 20.4 Å². The van der Waals surface area contributed by atoms with E-state index in [4.69, 9.17) is 5.11 Å². The SMILES string of the molecule is C=C[C@H]1C[C@@H]1C(C)(C)CO. The molecule has 1 fully saturated rings. The molecule has 0 heterocycles. The van der Waals surface area contributed by atoms with Crippen molar-refractivity contribution in [2.75, 3.05) is 6.61 Å². The zero-order chi connectivity index (χ0) is 7.78. The Morgan fingerprint density at radius 2 is 2.30 bits per heavy atom. The van der Waals surface area contributed by atoms with Crippen LogP contribution in [0.2, 0.25) is 0 Å². The fourth-order valence-electron chi connectivity index (χ4n) is 1.49. The summed E-state index contributed by atoms with van der Waals surface area (Å²) in [5.41, 5.74) is 0.110. The molecule has 2 atom stereocenters. The van der Waals surface area contributed by atoms with Gasteiger partial charge in [-0.05, 0) is 23.7 Å². The zero-order valence-electron chi connectivity index (χ0n) is 6.80. The number of aliphatic hydroxyl groups is 1. The van der Waals surface area contributed by atoms with Crippen LogP contribution in [0.4, 0.5) is 0 Å². The van der Waals surface area contributed by atoms with Gasteiger partial charge in [-0.25, -0.2) is 0 Å². The number of aliphatic hydroxyl groups excluding tert-OH is 1. The summed E-state index contributed by atoms with van der Waals surface area (Å²) in [7, 11) is 0. The summed E-state index contributed by atoms with van der Waals surface area (Å²) in [6.45, 7) is 8.26. The predicted molar refractivity (Wildman–Crippen MR) is 42.7 cm³/mol. The number of allylic oxidation sites excluding steroid dienone is 1. The second-order valence-electron chi connectivity index (χ2n) is 3.89. The quantitative estimate of drug-likeness (QED) is 0.593. The van der Waals surface area contributed by atoms with Crippen LogP contribution in [0.1, 0.15) is 20.3 Å². The van der Waals surface area contributed by atoms with Gasteiger partial charge in [0.15, 0.2) is 0 Å². The smallest absolute Gasteiger partial charge is 0.0485 e. The van der Waals surface area contributed by atoms with Crippen LogP contribution in [0.3, 0.4) is 0 Å². The lowest BCUT2D eigenvalue weighted by Gasteiger charge is -2.20. The Labute approximate surface area is 62.8 Å². The first-order chi connectivity index (χ1) is 4.61. The molecule has 1 aliphatic rings. The Morgan fingerprint density at radius 3 is 2.60 bits per heavy atom. The average Bonchev–Trinajstić information content (AvgIpc) is 2.66. The molecule has 0 aliphatic heterocycles. The molecule has 1 heteroatoms. The topological polar surface area (TPSA) is 20.2 Å². The Balaban J connectivity index is 2.45. The lowest BCUT2D eigenvalue weighted by molar-refractivity contribution is 0.134. The summed E-state index contributed by atoms with van der Waals surface area (Å²) in [6.07, 6.45) is 3.22. The van der Waals surface area contributed by atoms with Gasteiger partial charge in [-0.15, -0.1) is 6.58 Å². The third kappa shape index (κ3) is 1.24. The van der Waals surface area contributed by atoms with Crippen LogP contribution in [0.5, 0.6) is 0 Å². The first-order valence-corrected chi connectivity index (χ1v) is 3.85. The van der Waals surface area contributed by atoms with Gasteiger partial charge in [0.25, 0.3) is 0 Å². The summed E-state index contributed by atoms with van der Waals surface area (Å²) in [5.74, 6) is 1.34. The Kier molecular flexibility index (Phi) is 1.86. The lowest BCUT2D eigenvalue weighted by atomic mass is 9.87. The third-order valence-electron chi connectivity index (χ3n) is 2.55. The molecule has 0 unspecified atom stereocenters. The molecule has 1 nitrogen and oxygen atoms in total. The third-order valence-corrected chi connectivity index (χ3v) is 2.55. The van der Waals surface area contributed by atoms with Crippen LogP contribution in [0, 0.1) is 17.3 Å². The number of hydrogen-bond acceptors (Lipinski definition) is 1. The van der Waals surface area contributed by atoms with Crippen LogP contribution < -0.4 is 0 Å². The standard InChI is InChI=1S/C9H16O/c1-4-7-5-8(7)9(2,3)6-10/h4,7-8,10H,1,5-6H2,2-3H3/t7-,8-/m0/s1. The molecule has 1 N–H and O–H groups in total. The van der Waals surface area contributed by atoms with Gasteiger partial charge >= 0.3 is 0 Å². The van der Waals surface area contributed by atoms with Gasteiger partial charge in [0.2, 0.25) is 0 Å². The van der Waals surface area contributed by atoms with Crippen molar-refractivity contribution in [2.45, 2.75) is 20.3 Å². The zero-order valence-corrected chi connectivity index (χ0v) is 6.80. The minimum atomic E-state index is 0.110. The molecular weight excluding hydrogens is 124 g/mol. The Bertz CT molecular complexity index is 138. The highest BCUT2D eigenvalue weighted by Crippen LogP contribution is 2.51. The van der Waals surface area contributed by atoms with Crippen LogP contribution in [0.25, 0.3) is 0 Å². The van der Waals surface area contributed by atoms with E-state index in [-0.39, 0.29) is 5.41 Å². The summed E-state index contributed by atoms with van der Waals surface area (Å²) in [5, 5.41) is 8.98. The molecule has 10 heavy (non-hydrogen) atoms. The molecule has 1 saturated carbocycles. The largest absolute Gasteiger partial charge is 0.396 e. The van der Waals surface area contributed by atoms with Gasteiger partial charge in [-0.1, -0.05) is 19.9 Å². The van der Waals surface area contributed by atoms with E-state index >= 15 is 0 Å². The van der Waals surface area contributed by atoms with Crippen LogP contribution in [-0.4, -0.2) is 11.7 Å². The molecule has 1 rings (SSSR count). The van der Waals surface area contributed by atoms with Gasteiger partial charge in [0.05, 0.1) is 0 Å². The van der Waals surface area contributed by atoms with Crippen molar-refractivity contribution in [3.05, 3.63) is 12.7 Å². The number of rotatable bonds is 3. The predicted octanol–water partition coefficient (Wildman–Crippen LogP) is 1.83. The minimum absolute atomic E-state index is 0.110. The van der Waals surface area contributed by atoms with Gasteiger partial charge in [0, 0.05) is 6.61 Å². The molecule has 0 radical (unpaired) electrons. The van der Waals surface area contributed by atoms with Gasteiger partial charge in [-0.2, -0.15) is 0 Å². The van der Waals surface area contributed by atoms with Crippen molar-refractivity contribution in [1.82, 2.24) is 0 Å². The fraction of sp³-hybridized carbons (Fsp3) is 0.778. The van der Waals surface area contributed by atoms with E-state index in [1.54, 1.807) is 0 Å². The van der Waals surface area contributed by atoms with Crippen molar-refractivity contribution < 1.29 is 5.11 Å². The maximum Gasteiger partial charge on any atom is 0.0485 e. The van der Waals surface area contributed by atoms with Crippen molar-refractivity contribution in [1.29, 1.82) is 0 Å². The first kappa shape index (κ1) is 7.80. The molecule has 0 aromatic heterocycles. The highest BCUT2D eigenvalue weighted by atomic mass is 16.3. The average molecular weight is 140 g/mol. The lowest BCUT2D eigenvalue weighted by Crippen LogP contribution is -2.19. The van der Waals surface area contributed by atoms with E-state index < -0.39 is 0 Å². The second-order valence-corrected chi connectivity index (χ2v) is 3.89. The summed E-state index contributed by atoms with van der Waals surface area (Å²) in [6, 6.07) is 0. The molecule has 0 saturated heterocycles. The molecule has 1 aliphatic carbocycles. The molecule has 0 spiro atoms. The van der Waals surface area contributed by atoms with Gasteiger partial charge in [-0.3, -0.25) is 0 Å². The van der Waals surface area contributed by atoms with Gasteiger partial charge < -0.3 is 5.11 Å². The van der Waals surface area contributed by atoms with Crippen molar-refractivity contribution in [3.8, 4) is 0 Å². The van der Waals surface area contributed by atoms with Crippen molar-refractivity contribution >= 4 is 0 Å². The van der Waals surface area contributed by atoms with E-state index in [1.807, 2.05) is 6.08 Å². The maximum atomic E-state index is 8.98. The molecule has 58 valence electrons. The van der Waals surface area contributed by atoms with E-state index in [9.17, 15) is 0 Å². The van der Waals surface area contributed by atoms with Crippen molar-refractivity contribution in [2.24, 2.45) is 17.3 Å². The minimum Gasteiger partial charge on any atom is -0.396 e. The van der Waals surface area contributed by atoms with Crippen LogP contribution in [-0.2, 0) is 0 Å². The Morgan fingerprint density at radius 1 is 1.70 bits per heavy atom. The fourth-order valence-corrected chi connectivity index (χ4v) is 1.49. The maximum absolute atomic E-state index is 8.98. The summed E-state index contributed by atoms with van der Waals surface area (Å²) >= 11 is 0.